The smallest absolute Gasteiger partial charge is 0.254 e. The van der Waals surface area contributed by atoms with Gasteiger partial charge in [0.05, 0.1) is 5.52 Å². The van der Waals surface area contributed by atoms with Gasteiger partial charge in [-0.3, -0.25) is 9.59 Å². The molecule has 0 saturated heterocycles. The van der Waals surface area contributed by atoms with E-state index >= 15 is 0 Å². The van der Waals surface area contributed by atoms with Crippen LogP contribution in [0.1, 0.15) is 22.5 Å². The van der Waals surface area contributed by atoms with Crippen LogP contribution in [-0.4, -0.2) is 22.2 Å². The van der Waals surface area contributed by atoms with Crippen molar-refractivity contribution < 1.29 is 9.90 Å². The molecule has 0 fully saturated rings. The number of carbonyl (C=O) groups excluding carboxylic acids is 1. The third-order valence-corrected chi connectivity index (χ3v) is 3.25. The number of amides is 1. The first-order valence-electron chi connectivity index (χ1n) is 6.09. The van der Waals surface area contributed by atoms with Crippen LogP contribution in [0.5, 0.6) is 0 Å². The highest BCUT2D eigenvalue weighted by molar-refractivity contribution is 5.97. The number of aryl methyl sites for hydroxylation is 1. The molecule has 0 saturated carbocycles. The fourth-order valence-electron chi connectivity index (χ4n) is 2.33. The quantitative estimate of drug-likeness (QED) is 0.842. The summed E-state index contributed by atoms with van der Waals surface area (Å²) in [6.45, 7) is -0.000775. The SMILES string of the molecule is Cn1c(CCCO)c(C(N)=O)c(=O)c2ccccc21. The lowest BCUT2D eigenvalue weighted by Gasteiger charge is -2.15. The van der Waals surface area contributed by atoms with Crippen LogP contribution in [0.2, 0.25) is 0 Å². The van der Waals surface area contributed by atoms with E-state index in [0.29, 0.717) is 23.9 Å². The van der Waals surface area contributed by atoms with Gasteiger partial charge in [-0.2, -0.15) is 0 Å². The first-order chi connectivity index (χ1) is 9.07. The second-order valence-corrected chi connectivity index (χ2v) is 4.42. The Hall–Kier alpha value is -2.14. The van der Waals surface area contributed by atoms with E-state index in [4.69, 9.17) is 10.8 Å². The van der Waals surface area contributed by atoms with Gasteiger partial charge in [-0.15, -0.1) is 0 Å². The molecule has 0 aliphatic rings. The van der Waals surface area contributed by atoms with Gasteiger partial charge in [-0.1, -0.05) is 12.1 Å². The fourth-order valence-corrected chi connectivity index (χ4v) is 2.33. The molecule has 2 rings (SSSR count). The number of para-hydroxylation sites is 1. The van der Waals surface area contributed by atoms with E-state index in [9.17, 15) is 9.59 Å². The maximum atomic E-state index is 12.3. The Labute approximate surface area is 110 Å². The molecular weight excluding hydrogens is 244 g/mol. The summed E-state index contributed by atoms with van der Waals surface area (Å²) in [6, 6.07) is 7.09. The van der Waals surface area contributed by atoms with Crippen molar-refractivity contribution in [1.82, 2.24) is 4.57 Å². The van der Waals surface area contributed by atoms with Crippen molar-refractivity contribution in [2.75, 3.05) is 6.61 Å². The van der Waals surface area contributed by atoms with E-state index < -0.39 is 5.91 Å². The van der Waals surface area contributed by atoms with E-state index in [1.54, 1.807) is 23.7 Å². The van der Waals surface area contributed by atoms with Gasteiger partial charge in [0.1, 0.15) is 5.56 Å². The molecule has 0 bridgehead atoms. The zero-order chi connectivity index (χ0) is 14.0. The highest BCUT2D eigenvalue weighted by Gasteiger charge is 2.18. The monoisotopic (exact) mass is 260 g/mol. The third-order valence-electron chi connectivity index (χ3n) is 3.25. The second-order valence-electron chi connectivity index (χ2n) is 4.42. The third kappa shape index (κ3) is 2.24. The molecular formula is C14H16N2O3. The van der Waals surface area contributed by atoms with Crippen molar-refractivity contribution in [3.05, 3.63) is 45.7 Å². The van der Waals surface area contributed by atoms with Crippen molar-refractivity contribution >= 4 is 16.8 Å². The Morgan fingerprint density at radius 1 is 1.37 bits per heavy atom. The van der Waals surface area contributed by atoms with Crippen LogP contribution in [0.4, 0.5) is 0 Å². The van der Waals surface area contributed by atoms with Crippen molar-refractivity contribution in [3.8, 4) is 0 Å². The number of aromatic nitrogens is 1. The summed E-state index contributed by atoms with van der Waals surface area (Å²) in [5, 5.41) is 9.41. The molecule has 0 spiro atoms. The Balaban J connectivity index is 2.83. The van der Waals surface area contributed by atoms with E-state index in [1.807, 2.05) is 12.1 Å². The Bertz CT molecular complexity index is 689. The molecule has 0 atom stereocenters. The molecule has 0 radical (unpaired) electrons. The van der Waals surface area contributed by atoms with E-state index in [1.165, 1.54) is 0 Å². The largest absolute Gasteiger partial charge is 0.396 e. The number of pyridine rings is 1. The molecule has 19 heavy (non-hydrogen) atoms. The standard InChI is InChI=1S/C14H16N2O3/c1-16-10-6-3-2-5-9(10)13(18)12(14(15)19)11(16)7-4-8-17/h2-3,5-6,17H,4,7-8H2,1H3,(H2,15,19). The van der Waals surface area contributed by atoms with Gasteiger partial charge < -0.3 is 15.4 Å². The molecule has 3 N–H and O–H groups in total. The first-order valence-corrected chi connectivity index (χ1v) is 6.09. The average molecular weight is 260 g/mol. The lowest BCUT2D eigenvalue weighted by molar-refractivity contribution is 0.0997. The number of aliphatic hydroxyl groups excluding tert-OH is 1. The van der Waals surface area contributed by atoms with Crippen molar-refractivity contribution in [2.45, 2.75) is 12.8 Å². The molecule has 5 nitrogen and oxygen atoms in total. The van der Waals surface area contributed by atoms with Gasteiger partial charge in [0, 0.05) is 24.7 Å². The van der Waals surface area contributed by atoms with Crippen LogP contribution in [0.15, 0.2) is 29.1 Å². The molecule has 1 aromatic carbocycles. The second kappa shape index (κ2) is 5.24. The van der Waals surface area contributed by atoms with Gasteiger partial charge in [-0.25, -0.2) is 0 Å². The summed E-state index contributed by atoms with van der Waals surface area (Å²) < 4.78 is 1.80. The molecule has 0 unspecified atom stereocenters. The Kier molecular flexibility index (Phi) is 3.66. The predicted octanol–water partition coefficient (Wildman–Crippen LogP) is 0.562. The number of nitrogens with zero attached hydrogens (tertiary/aromatic N) is 1. The molecule has 5 heteroatoms. The maximum Gasteiger partial charge on any atom is 0.254 e. The highest BCUT2D eigenvalue weighted by Crippen LogP contribution is 2.16. The summed E-state index contributed by atoms with van der Waals surface area (Å²) in [6.07, 6.45) is 0.914. The van der Waals surface area contributed by atoms with Crippen LogP contribution in [0, 0.1) is 0 Å². The molecule has 1 aromatic heterocycles. The van der Waals surface area contributed by atoms with Gasteiger partial charge in [0.15, 0.2) is 0 Å². The number of benzene rings is 1. The number of hydrogen-bond acceptors (Lipinski definition) is 3. The van der Waals surface area contributed by atoms with Gasteiger partial charge >= 0.3 is 0 Å². The van der Waals surface area contributed by atoms with E-state index in [-0.39, 0.29) is 17.6 Å². The summed E-state index contributed by atoms with van der Waals surface area (Å²) in [5.41, 5.74) is 6.35. The van der Waals surface area contributed by atoms with Gasteiger partial charge in [0.25, 0.3) is 5.91 Å². The van der Waals surface area contributed by atoms with Crippen LogP contribution < -0.4 is 11.2 Å². The number of aliphatic hydroxyl groups is 1. The van der Waals surface area contributed by atoms with Crippen LogP contribution in [0.25, 0.3) is 10.9 Å². The molecule has 1 heterocycles. The van der Waals surface area contributed by atoms with Crippen LogP contribution >= 0.6 is 0 Å². The number of hydrogen-bond donors (Lipinski definition) is 2. The van der Waals surface area contributed by atoms with E-state index in [0.717, 1.165) is 5.52 Å². The van der Waals surface area contributed by atoms with Gasteiger partial charge in [0.2, 0.25) is 5.43 Å². The summed E-state index contributed by atoms with van der Waals surface area (Å²) in [5.74, 6) is -0.723. The predicted molar refractivity (Wildman–Crippen MR) is 73.1 cm³/mol. The van der Waals surface area contributed by atoms with E-state index in [2.05, 4.69) is 0 Å². The molecule has 2 aromatic rings. The first kappa shape index (κ1) is 13.3. The normalized spacial score (nSPS) is 10.8. The maximum absolute atomic E-state index is 12.3. The zero-order valence-electron chi connectivity index (χ0n) is 10.7. The average Bonchev–Trinajstić information content (AvgIpc) is 2.40. The van der Waals surface area contributed by atoms with Gasteiger partial charge in [-0.05, 0) is 25.0 Å². The highest BCUT2D eigenvalue weighted by atomic mass is 16.3. The number of rotatable bonds is 4. The van der Waals surface area contributed by atoms with Crippen LogP contribution in [0.3, 0.4) is 0 Å². The number of primary amides is 1. The molecule has 0 aliphatic heterocycles. The number of fused-ring (bicyclic) bond motifs is 1. The topological polar surface area (TPSA) is 85.3 Å². The lowest BCUT2D eigenvalue weighted by atomic mass is 10.0. The molecule has 0 aliphatic carbocycles. The zero-order valence-corrected chi connectivity index (χ0v) is 10.7. The van der Waals surface area contributed by atoms with Crippen molar-refractivity contribution in [3.63, 3.8) is 0 Å². The lowest BCUT2D eigenvalue weighted by Crippen LogP contribution is -2.27. The summed E-state index contributed by atoms with van der Waals surface area (Å²) in [7, 11) is 1.79. The van der Waals surface area contributed by atoms with Crippen molar-refractivity contribution in [1.29, 1.82) is 0 Å². The Morgan fingerprint density at radius 3 is 2.68 bits per heavy atom. The minimum absolute atomic E-state index is 0.000775. The minimum atomic E-state index is -0.723. The van der Waals surface area contributed by atoms with Crippen LogP contribution in [-0.2, 0) is 13.5 Å². The summed E-state index contributed by atoms with van der Waals surface area (Å²) >= 11 is 0. The summed E-state index contributed by atoms with van der Waals surface area (Å²) in [4.78, 5) is 23.9. The molecule has 100 valence electrons. The fraction of sp³-hybridized carbons (Fsp3) is 0.286. The number of nitrogens with two attached hydrogens (primary N) is 1. The van der Waals surface area contributed by atoms with Crippen molar-refractivity contribution in [2.24, 2.45) is 12.8 Å². The molecule has 1 amide bonds. The Morgan fingerprint density at radius 2 is 2.05 bits per heavy atom. The minimum Gasteiger partial charge on any atom is -0.396 e. The number of carbonyl (C=O) groups is 1.